The fourth-order valence-corrected chi connectivity index (χ4v) is 1.55. The van der Waals surface area contributed by atoms with Crippen molar-refractivity contribution in [1.82, 2.24) is 0 Å². The molecule has 0 heterocycles. The van der Waals surface area contributed by atoms with Gasteiger partial charge in [0.15, 0.2) is 0 Å². The maximum Gasteiger partial charge on any atom is 0.124 e. The molecule has 1 aromatic rings. The van der Waals surface area contributed by atoms with Crippen molar-refractivity contribution in [2.75, 3.05) is 0 Å². The van der Waals surface area contributed by atoms with Crippen LogP contribution in [0.4, 0.5) is 4.39 Å². The standard InChI is InChI=1S/C9H10BrFO/c1-5-8(6(2)12)3-7(11)4-9(5)10/h3-4,6,12H,1-2H3. The molecule has 1 N–H and O–H groups in total. The number of benzene rings is 1. The Morgan fingerprint density at radius 3 is 2.58 bits per heavy atom. The van der Waals surface area contributed by atoms with Crippen molar-refractivity contribution in [2.24, 2.45) is 0 Å². The highest BCUT2D eigenvalue weighted by Crippen LogP contribution is 2.25. The Labute approximate surface area is 79.4 Å². The molecule has 0 amide bonds. The van der Waals surface area contributed by atoms with Gasteiger partial charge in [0.2, 0.25) is 0 Å². The minimum atomic E-state index is -0.628. The number of hydrogen-bond donors (Lipinski definition) is 1. The molecule has 1 atom stereocenters. The molecule has 12 heavy (non-hydrogen) atoms. The molecule has 0 aliphatic carbocycles. The molecule has 1 aromatic carbocycles. The van der Waals surface area contributed by atoms with E-state index in [1.165, 1.54) is 12.1 Å². The smallest absolute Gasteiger partial charge is 0.124 e. The topological polar surface area (TPSA) is 20.2 Å². The van der Waals surface area contributed by atoms with Crippen molar-refractivity contribution in [2.45, 2.75) is 20.0 Å². The lowest BCUT2D eigenvalue weighted by atomic mass is 10.0. The Hall–Kier alpha value is -0.410. The van der Waals surface area contributed by atoms with Crippen LogP contribution >= 0.6 is 15.9 Å². The Balaban J connectivity index is 3.28. The van der Waals surface area contributed by atoms with Crippen LogP contribution in [-0.4, -0.2) is 5.11 Å². The largest absolute Gasteiger partial charge is 0.389 e. The molecule has 0 bridgehead atoms. The minimum Gasteiger partial charge on any atom is -0.389 e. The summed E-state index contributed by atoms with van der Waals surface area (Å²) in [7, 11) is 0. The maximum absolute atomic E-state index is 12.8. The summed E-state index contributed by atoms with van der Waals surface area (Å²) in [6.45, 7) is 3.46. The molecule has 0 spiro atoms. The third-order valence-electron chi connectivity index (χ3n) is 1.80. The third-order valence-corrected chi connectivity index (χ3v) is 2.62. The highest BCUT2D eigenvalue weighted by molar-refractivity contribution is 9.10. The Bertz CT molecular complexity index is 297. The molecular weight excluding hydrogens is 223 g/mol. The minimum absolute atomic E-state index is 0.330. The van der Waals surface area contributed by atoms with Crippen molar-refractivity contribution in [3.05, 3.63) is 33.5 Å². The molecular formula is C9H10BrFO. The number of halogens is 2. The molecule has 66 valence electrons. The van der Waals surface area contributed by atoms with Crippen LogP contribution in [0.5, 0.6) is 0 Å². The van der Waals surface area contributed by atoms with Gasteiger partial charge in [-0.25, -0.2) is 4.39 Å². The average molecular weight is 233 g/mol. The molecule has 1 unspecified atom stereocenters. The normalized spacial score (nSPS) is 13.1. The van der Waals surface area contributed by atoms with E-state index in [-0.39, 0.29) is 5.82 Å². The van der Waals surface area contributed by atoms with Crippen LogP contribution < -0.4 is 0 Å². The van der Waals surface area contributed by atoms with E-state index >= 15 is 0 Å². The lowest BCUT2D eigenvalue weighted by Crippen LogP contribution is -1.96. The van der Waals surface area contributed by atoms with E-state index < -0.39 is 6.10 Å². The summed E-state index contributed by atoms with van der Waals surface area (Å²) in [6.07, 6.45) is -0.628. The summed E-state index contributed by atoms with van der Waals surface area (Å²) in [5.74, 6) is -0.330. The van der Waals surface area contributed by atoms with Gasteiger partial charge in [-0.1, -0.05) is 15.9 Å². The highest BCUT2D eigenvalue weighted by Gasteiger charge is 2.09. The maximum atomic E-state index is 12.8. The second-order valence-electron chi connectivity index (χ2n) is 2.78. The predicted molar refractivity (Wildman–Crippen MR) is 49.5 cm³/mol. The van der Waals surface area contributed by atoms with Crippen molar-refractivity contribution in [3.8, 4) is 0 Å². The van der Waals surface area contributed by atoms with E-state index in [2.05, 4.69) is 15.9 Å². The number of aliphatic hydroxyl groups is 1. The van der Waals surface area contributed by atoms with Crippen LogP contribution in [-0.2, 0) is 0 Å². The monoisotopic (exact) mass is 232 g/mol. The summed E-state index contributed by atoms with van der Waals surface area (Å²) in [6, 6.07) is 2.74. The van der Waals surface area contributed by atoms with Gasteiger partial charge < -0.3 is 5.11 Å². The average Bonchev–Trinajstić information content (AvgIpc) is 1.96. The SMILES string of the molecule is Cc1c(Br)cc(F)cc1C(C)O. The van der Waals surface area contributed by atoms with E-state index in [1.807, 2.05) is 6.92 Å². The van der Waals surface area contributed by atoms with E-state index in [4.69, 9.17) is 0 Å². The molecule has 0 radical (unpaired) electrons. The molecule has 0 saturated heterocycles. The Kier molecular flexibility index (Phi) is 2.85. The van der Waals surface area contributed by atoms with Crippen molar-refractivity contribution >= 4 is 15.9 Å². The summed E-state index contributed by atoms with van der Waals surface area (Å²) in [4.78, 5) is 0. The highest BCUT2D eigenvalue weighted by atomic mass is 79.9. The van der Waals surface area contributed by atoms with Crippen LogP contribution in [0.1, 0.15) is 24.2 Å². The summed E-state index contributed by atoms with van der Waals surface area (Å²) in [5.41, 5.74) is 1.51. The first-order chi connectivity index (χ1) is 5.52. The van der Waals surface area contributed by atoms with Gasteiger partial charge in [0, 0.05) is 4.47 Å². The third kappa shape index (κ3) is 1.84. The van der Waals surface area contributed by atoms with Crippen LogP contribution in [0.15, 0.2) is 16.6 Å². The molecule has 0 fully saturated rings. The van der Waals surface area contributed by atoms with Crippen LogP contribution in [0.2, 0.25) is 0 Å². The molecule has 1 nitrogen and oxygen atoms in total. The molecule has 1 rings (SSSR count). The lowest BCUT2D eigenvalue weighted by Gasteiger charge is -2.10. The van der Waals surface area contributed by atoms with Gasteiger partial charge in [0.1, 0.15) is 5.82 Å². The fraction of sp³-hybridized carbons (Fsp3) is 0.333. The number of hydrogen-bond acceptors (Lipinski definition) is 1. The lowest BCUT2D eigenvalue weighted by molar-refractivity contribution is 0.198. The number of aliphatic hydroxyl groups excluding tert-OH is 1. The van der Waals surface area contributed by atoms with Gasteiger partial charge in [0.25, 0.3) is 0 Å². The fourth-order valence-electron chi connectivity index (χ4n) is 1.10. The summed E-state index contributed by atoms with van der Waals surface area (Å²) in [5, 5.41) is 9.27. The zero-order chi connectivity index (χ0) is 9.30. The molecule has 0 aliphatic rings. The van der Waals surface area contributed by atoms with Crippen LogP contribution in [0, 0.1) is 12.7 Å². The Morgan fingerprint density at radius 1 is 1.50 bits per heavy atom. The van der Waals surface area contributed by atoms with E-state index in [1.54, 1.807) is 6.92 Å². The van der Waals surface area contributed by atoms with Gasteiger partial charge in [-0.15, -0.1) is 0 Å². The van der Waals surface area contributed by atoms with Crippen LogP contribution in [0.3, 0.4) is 0 Å². The zero-order valence-electron chi connectivity index (χ0n) is 6.94. The molecule has 0 aliphatic heterocycles. The van der Waals surface area contributed by atoms with Crippen LogP contribution in [0.25, 0.3) is 0 Å². The van der Waals surface area contributed by atoms with Crippen molar-refractivity contribution in [1.29, 1.82) is 0 Å². The van der Waals surface area contributed by atoms with Crippen molar-refractivity contribution in [3.63, 3.8) is 0 Å². The van der Waals surface area contributed by atoms with E-state index in [0.717, 1.165) is 5.56 Å². The van der Waals surface area contributed by atoms with Gasteiger partial charge >= 0.3 is 0 Å². The predicted octanol–water partition coefficient (Wildman–Crippen LogP) is 2.95. The second-order valence-corrected chi connectivity index (χ2v) is 3.63. The second kappa shape index (κ2) is 3.54. The first-order valence-corrected chi connectivity index (χ1v) is 4.45. The van der Waals surface area contributed by atoms with Crippen molar-refractivity contribution < 1.29 is 9.50 Å². The van der Waals surface area contributed by atoms with E-state index in [9.17, 15) is 9.50 Å². The van der Waals surface area contributed by atoms with Gasteiger partial charge in [-0.3, -0.25) is 0 Å². The molecule has 0 saturated carbocycles. The molecule has 0 aromatic heterocycles. The van der Waals surface area contributed by atoms with Gasteiger partial charge in [-0.05, 0) is 37.1 Å². The Morgan fingerprint density at radius 2 is 2.08 bits per heavy atom. The zero-order valence-corrected chi connectivity index (χ0v) is 8.52. The van der Waals surface area contributed by atoms with Gasteiger partial charge in [-0.2, -0.15) is 0 Å². The molecule has 3 heteroatoms. The quantitative estimate of drug-likeness (QED) is 0.790. The summed E-state index contributed by atoms with van der Waals surface area (Å²) < 4.78 is 13.5. The van der Waals surface area contributed by atoms with E-state index in [0.29, 0.717) is 10.0 Å². The summed E-state index contributed by atoms with van der Waals surface area (Å²) >= 11 is 3.21. The number of rotatable bonds is 1. The first-order valence-electron chi connectivity index (χ1n) is 3.66. The van der Waals surface area contributed by atoms with Gasteiger partial charge in [0.05, 0.1) is 6.10 Å². The first kappa shape index (κ1) is 9.68.